The van der Waals surface area contributed by atoms with Gasteiger partial charge in [-0.3, -0.25) is 4.79 Å². The lowest BCUT2D eigenvalue weighted by Crippen LogP contribution is -1.99. The van der Waals surface area contributed by atoms with Crippen molar-refractivity contribution in [3.05, 3.63) is 34.9 Å². The molecule has 0 radical (unpaired) electrons. The summed E-state index contributed by atoms with van der Waals surface area (Å²) in [5, 5.41) is 19.3. The van der Waals surface area contributed by atoms with E-state index < -0.39 is 5.97 Å². The van der Waals surface area contributed by atoms with Gasteiger partial charge in [-0.1, -0.05) is 12.1 Å². The molecule has 0 aliphatic rings. The minimum atomic E-state index is -0.868. The van der Waals surface area contributed by atoms with Gasteiger partial charge < -0.3 is 5.11 Å². The number of carboxylic acid groups (broad SMARTS) is 1. The highest BCUT2D eigenvalue weighted by atomic mass is 16.4. The first-order chi connectivity index (χ1) is 6.22. The smallest absolute Gasteiger partial charge is 0.308 e. The molecule has 1 rings (SSSR count). The second kappa shape index (κ2) is 4.07. The lowest BCUT2D eigenvalue weighted by Gasteiger charge is -1.95. The highest BCUT2D eigenvalue weighted by Crippen LogP contribution is 2.09. The number of diazo groups is 1. The number of carboxylic acids is 1. The van der Waals surface area contributed by atoms with Crippen LogP contribution in [0.3, 0.4) is 0 Å². The number of anilines is 1. The molecular weight excluding hydrogens is 170 g/mol. The van der Waals surface area contributed by atoms with Gasteiger partial charge in [0.05, 0.1) is 6.42 Å². The van der Waals surface area contributed by atoms with E-state index in [1.807, 2.05) is 0 Å². The third-order valence-corrected chi connectivity index (χ3v) is 1.49. The van der Waals surface area contributed by atoms with Gasteiger partial charge in [0.2, 0.25) is 0 Å². The fourth-order valence-corrected chi connectivity index (χ4v) is 0.929. The molecular formula is C8H8N3O2+. The van der Waals surface area contributed by atoms with Crippen molar-refractivity contribution in [3.63, 3.8) is 0 Å². The summed E-state index contributed by atoms with van der Waals surface area (Å²) in [6, 6.07) is 6.58. The van der Waals surface area contributed by atoms with Gasteiger partial charge in [0.25, 0.3) is 5.39 Å². The van der Waals surface area contributed by atoms with Crippen molar-refractivity contribution in [2.75, 3.05) is 5.43 Å². The molecule has 0 spiro atoms. The molecule has 0 aliphatic heterocycles. The van der Waals surface area contributed by atoms with Crippen molar-refractivity contribution < 1.29 is 9.90 Å². The first-order valence-electron chi connectivity index (χ1n) is 3.63. The summed E-state index contributed by atoms with van der Waals surface area (Å²) < 4.78 is 0. The second-order valence-corrected chi connectivity index (χ2v) is 2.48. The lowest BCUT2D eigenvalue weighted by molar-refractivity contribution is -0.136. The zero-order chi connectivity index (χ0) is 9.68. The van der Waals surface area contributed by atoms with E-state index in [-0.39, 0.29) is 6.42 Å². The Bertz CT molecular complexity index is 339. The Kier molecular flexibility index (Phi) is 2.82. The van der Waals surface area contributed by atoms with Crippen LogP contribution in [0.5, 0.6) is 0 Å². The molecule has 1 aromatic carbocycles. The maximum atomic E-state index is 10.3. The summed E-state index contributed by atoms with van der Waals surface area (Å²) in [7, 11) is 0. The van der Waals surface area contributed by atoms with Crippen LogP contribution in [0.2, 0.25) is 0 Å². The average Bonchev–Trinajstić information content (AvgIpc) is 2.08. The standard InChI is InChI=1S/C8H7N3O2/c9-11-10-7-3-1-6(2-4-7)5-8(12)13/h1-4,10H,5H2/p+1. The quantitative estimate of drug-likeness (QED) is 0.543. The zero-order valence-corrected chi connectivity index (χ0v) is 6.77. The highest BCUT2D eigenvalue weighted by Gasteiger charge is 2.01. The van der Waals surface area contributed by atoms with E-state index in [1.54, 1.807) is 24.3 Å². The molecule has 0 fully saturated rings. The maximum Gasteiger partial charge on any atom is 0.308 e. The van der Waals surface area contributed by atoms with Gasteiger partial charge in [-0.25, -0.2) is 0 Å². The lowest BCUT2D eigenvalue weighted by atomic mass is 10.1. The molecule has 2 N–H and O–H groups in total. The van der Waals surface area contributed by atoms with Gasteiger partial charge in [0.1, 0.15) is 5.69 Å². The van der Waals surface area contributed by atoms with Crippen LogP contribution in [0.25, 0.3) is 5.08 Å². The van der Waals surface area contributed by atoms with Gasteiger partial charge in [0, 0.05) is 0 Å². The molecule has 0 unspecified atom stereocenters. The van der Waals surface area contributed by atoms with E-state index >= 15 is 0 Å². The van der Waals surface area contributed by atoms with Crippen molar-refractivity contribution in [2.24, 2.45) is 0 Å². The second-order valence-electron chi connectivity index (χ2n) is 2.48. The Morgan fingerprint density at radius 3 is 2.54 bits per heavy atom. The summed E-state index contributed by atoms with van der Waals surface area (Å²) in [5.74, 6) is -0.868. The van der Waals surface area contributed by atoms with Crippen LogP contribution in [0.4, 0.5) is 5.69 Å². The number of nitrogens with zero attached hydrogens (tertiary/aromatic N) is 2. The zero-order valence-electron chi connectivity index (χ0n) is 6.77. The fraction of sp³-hybridized carbons (Fsp3) is 0.125. The SMILES string of the molecule is N#[N+]Nc1ccc(CC(=O)O)cc1. The van der Waals surface area contributed by atoms with Crippen LogP contribution in [0, 0.1) is 5.39 Å². The number of hydrogen-bond donors (Lipinski definition) is 2. The van der Waals surface area contributed by atoms with Crippen molar-refractivity contribution >= 4 is 11.7 Å². The molecule has 0 amide bonds. The Hall–Kier alpha value is -2.09. The van der Waals surface area contributed by atoms with E-state index in [0.29, 0.717) is 11.3 Å². The fourth-order valence-electron chi connectivity index (χ4n) is 0.929. The van der Waals surface area contributed by atoms with Crippen molar-refractivity contribution in [3.8, 4) is 0 Å². The molecule has 66 valence electrons. The minimum absolute atomic E-state index is 0.00342. The molecule has 0 atom stereocenters. The molecule has 13 heavy (non-hydrogen) atoms. The first-order valence-corrected chi connectivity index (χ1v) is 3.63. The molecule has 5 heteroatoms. The molecule has 0 aliphatic carbocycles. The van der Waals surface area contributed by atoms with Gasteiger partial charge in [-0.05, 0) is 23.1 Å². The van der Waals surface area contributed by atoms with E-state index in [4.69, 9.17) is 10.5 Å². The third-order valence-electron chi connectivity index (χ3n) is 1.49. The number of aliphatic carboxylic acids is 1. The average molecular weight is 178 g/mol. The Morgan fingerprint density at radius 1 is 1.46 bits per heavy atom. The topological polar surface area (TPSA) is 77.5 Å². The molecule has 5 nitrogen and oxygen atoms in total. The molecule has 1 aromatic rings. The Morgan fingerprint density at radius 2 is 2.08 bits per heavy atom. The summed E-state index contributed by atoms with van der Waals surface area (Å²) >= 11 is 0. The summed E-state index contributed by atoms with van der Waals surface area (Å²) in [6.45, 7) is 0. The summed E-state index contributed by atoms with van der Waals surface area (Å²) in [6.07, 6.45) is -0.00342. The first kappa shape index (κ1) is 9.00. The number of rotatable bonds is 3. The van der Waals surface area contributed by atoms with Gasteiger partial charge in [-0.15, -0.1) is 0 Å². The van der Waals surface area contributed by atoms with E-state index in [1.165, 1.54) is 0 Å². The number of carbonyl (C=O) groups is 1. The summed E-state index contributed by atoms with van der Waals surface area (Å²) in [5.41, 5.74) is 3.63. The van der Waals surface area contributed by atoms with Gasteiger partial charge in [0.15, 0.2) is 0 Å². The van der Waals surface area contributed by atoms with Crippen molar-refractivity contribution in [1.82, 2.24) is 0 Å². The molecule has 0 heterocycles. The van der Waals surface area contributed by atoms with E-state index in [0.717, 1.165) is 0 Å². The van der Waals surface area contributed by atoms with Crippen LogP contribution in [-0.2, 0) is 11.2 Å². The van der Waals surface area contributed by atoms with Crippen LogP contribution >= 0.6 is 0 Å². The van der Waals surface area contributed by atoms with E-state index in [9.17, 15) is 4.79 Å². The number of hydrogen-bond acceptors (Lipinski definition) is 3. The molecule has 0 saturated heterocycles. The van der Waals surface area contributed by atoms with Crippen molar-refractivity contribution in [1.29, 1.82) is 5.39 Å². The number of benzene rings is 1. The van der Waals surface area contributed by atoms with Crippen LogP contribution in [-0.4, -0.2) is 11.1 Å². The van der Waals surface area contributed by atoms with Crippen LogP contribution in [0.15, 0.2) is 24.3 Å². The van der Waals surface area contributed by atoms with Gasteiger partial charge in [-0.2, -0.15) is 0 Å². The Balaban J connectivity index is 2.70. The van der Waals surface area contributed by atoms with Gasteiger partial charge >= 0.3 is 11.1 Å². The third kappa shape index (κ3) is 2.79. The maximum absolute atomic E-state index is 10.3. The minimum Gasteiger partial charge on any atom is -0.481 e. The van der Waals surface area contributed by atoms with E-state index in [2.05, 4.69) is 10.5 Å². The van der Waals surface area contributed by atoms with Crippen molar-refractivity contribution in [2.45, 2.75) is 6.42 Å². The highest BCUT2D eigenvalue weighted by molar-refractivity contribution is 5.70. The predicted octanol–water partition coefficient (Wildman–Crippen LogP) is 1.49. The monoisotopic (exact) mass is 178 g/mol. The molecule has 0 aromatic heterocycles. The molecule has 0 bridgehead atoms. The normalized spacial score (nSPS) is 8.85. The number of nitrogens with one attached hydrogen (secondary N) is 1. The van der Waals surface area contributed by atoms with Crippen LogP contribution in [0.1, 0.15) is 5.56 Å². The molecule has 0 saturated carbocycles. The predicted molar refractivity (Wildman–Crippen MR) is 46.5 cm³/mol. The summed E-state index contributed by atoms with van der Waals surface area (Å²) in [4.78, 5) is 10.3. The van der Waals surface area contributed by atoms with Crippen LogP contribution < -0.4 is 5.43 Å². The largest absolute Gasteiger partial charge is 0.481 e. The Labute approximate surface area is 74.6 Å².